The van der Waals surface area contributed by atoms with E-state index in [1.54, 1.807) is 18.9 Å². The van der Waals surface area contributed by atoms with Crippen molar-refractivity contribution < 1.29 is 14.3 Å². The highest BCUT2D eigenvalue weighted by Crippen LogP contribution is 2.49. The zero-order valence-corrected chi connectivity index (χ0v) is 10.5. The Bertz CT molecular complexity index is 326. The van der Waals surface area contributed by atoms with Gasteiger partial charge in [0.15, 0.2) is 0 Å². The molecule has 2 aliphatic rings. The van der Waals surface area contributed by atoms with Crippen LogP contribution in [0.5, 0.6) is 0 Å². The van der Waals surface area contributed by atoms with Crippen LogP contribution in [0.2, 0.25) is 0 Å². The number of hydrogen-bond acceptors (Lipinski definition) is 3. The fourth-order valence-electron chi connectivity index (χ4n) is 2.34. The van der Waals surface area contributed by atoms with E-state index in [2.05, 4.69) is 5.32 Å². The van der Waals surface area contributed by atoms with Crippen molar-refractivity contribution >= 4 is 11.8 Å². The molecule has 1 saturated heterocycles. The predicted octanol–water partition coefficient (Wildman–Crippen LogP) is 0.150. The molecule has 2 amide bonds. The number of piperazine rings is 1. The highest BCUT2D eigenvalue weighted by atomic mass is 16.5. The van der Waals surface area contributed by atoms with E-state index in [1.165, 1.54) is 0 Å². The molecule has 0 aromatic carbocycles. The van der Waals surface area contributed by atoms with Gasteiger partial charge in [0.1, 0.15) is 6.04 Å². The summed E-state index contributed by atoms with van der Waals surface area (Å²) < 4.78 is 5.10. The Balaban J connectivity index is 1.96. The summed E-state index contributed by atoms with van der Waals surface area (Å²) in [6.07, 6.45) is 3.24. The maximum Gasteiger partial charge on any atom is 0.242 e. The van der Waals surface area contributed by atoms with Crippen molar-refractivity contribution in [1.29, 1.82) is 0 Å². The zero-order chi connectivity index (χ0) is 12.5. The van der Waals surface area contributed by atoms with Crippen LogP contribution in [0.15, 0.2) is 0 Å². The van der Waals surface area contributed by atoms with E-state index in [9.17, 15) is 9.59 Å². The van der Waals surface area contributed by atoms with Crippen LogP contribution in [-0.4, -0.2) is 49.6 Å². The molecule has 0 bridgehead atoms. The van der Waals surface area contributed by atoms with Gasteiger partial charge in [0.2, 0.25) is 11.8 Å². The second-order valence-corrected chi connectivity index (χ2v) is 5.16. The van der Waals surface area contributed by atoms with Crippen molar-refractivity contribution in [2.45, 2.75) is 32.2 Å². The fourth-order valence-corrected chi connectivity index (χ4v) is 2.34. The largest absolute Gasteiger partial charge is 0.385 e. The molecule has 1 unspecified atom stereocenters. The predicted molar refractivity (Wildman–Crippen MR) is 62.3 cm³/mol. The first-order valence-corrected chi connectivity index (χ1v) is 6.14. The van der Waals surface area contributed by atoms with Crippen LogP contribution >= 0.6 is 0 Å². The van der Waals surface area contributed by atoms with Crippen molar-refractivity contribution in [1.82, 2.24) is 10.2 Å². The van der Waals surface area contributed by atoms with Crippen molar-refractivity contribution in [2.75, 3.05) is 26.8 Å². The number of rotatable bonds is 5. The second kappa shape index (κ2) is 4.64. The summed E-state index contributed by atoms with van der Waals surface area (Å²) in [5, 5.41) is 2.61. The molecule has 17 heavy (non-hydrogen) atoms. The van der Waals surface area contributed by atoms with Crippen molar-refractivity contribution in [2.24, 2.45) is 5.41 Å². The second-order valence-electron chi connectivity index (χ2n) is 5.16. The third kappa shape index (κ3) is 2.60. The standard InChI is InChI=1S/C12H20N2O3/c1-9-11(16)13-7-10(15)14(9)8-12(3-4-12)5-6-17-2/h9H,3-8H2,1-2H3,(H,13,16). The third-order valence-corrected chi connectivity index (χ3v) is 3.88. The highest BCUT2D eigenvalue weighted by molar-refractivity contribution is 5.94. The van der Waals surface area contributed by atoms with Crippen molar-refractivity contribution in [3.8, 4) is 0 Å². The number of ether oxygens (including phenoxy) is 1. The molecule has 2 rings (SSSR count). The molecule has 5 heteroatoms. The Morgan fingerprint density at radius 1 is 1.47 bits per heavy atom. The summed E-state index contributed by atoms with van der Waals surface area (Å²) in [6, 6.07) is -0.337. The van der Waals surface area contributed by atoms with Gasteiger partial charge in [0.25, 0.3) is 0 Å². The van der Waals surface area contributed by atoms with Gasteiger partial charge in [-0.1, -0.05) is 0 Å². The third-order valence-electron chi connectivity index (χ3n) is 3.88. The summed E-state index contributed by atoms with van der Waals surface area (Å²) in [4.78, 5) is 25.1. The molecular weight excluding hydrogens is 220 g/mol. The van der Waals surface area contributed by atoms with Gasteiger partial charge in [0, 0.05) is 20.3 Å². The lowest BCUT2D eigenvalue weighted by atomic mass is 10.0. The highest BCUT2D eigenvalue weighted by Gasteiger charge is 2.46. The van der Waals surface area contributed by atoms with Gasteiger partial charge in [-0.15, -0.1) is 0 Å². The normalized spacial score (nSPS) is 26.9. The van der Waals surface area contributed by atoms with Gasteiger partial charge >= 0.3 is 0 Å². The van der Waals surface area contributed by atoms with E-state index in [0.29, 0.717) is 6.54 Å². The summed E-state index contributed by atoms with van der Waals surface area (Å²) in [5.41, 5.74) is 0.206. The number of nitrogens with zero attached hydrogens (tertiary/aromatic N) is 1. The minimum atomic E-state index is -0.337. The topological polar surface area (TPSA) is 58.6 Å². The van der Waals surface area contributed by atoms with E-state index in [-0.39, 0.29) is 29.8 Å². The molecule has 1 saturated carbocycles. The Kier molecular flexibility index (Phi) is 3.38. The van der Waals surface area contributed by atoms with Crippen LogP contribution in [0.4, 0.5) is 0 Å². The Morgan fingerprint density at radius 3 is 2.76 bits per heavy atom. The molecular formula is C12H20N2O3. The summed E-state index contributed by atoms with van der Waals surface area (Å²) in [7, 11) is 1.69. The molecule has 0 radical (unpaired) electrons. The SMILES string of the molecule is COCCC1(CN2C(=O)CNC(=O)C2C)CC1. The molecule has 5 nitrogen and oxygen atoms in total. The number of carbonyl (C=O) groups is 2. The van der Waals surface area contributed by atoms with Gasteiger partial charge in [-0.2, -0.15) is 0 Å². The Hall–Kier alpha value is -1.10. The average Bonchev–Trinajstić information content (AvgIpc) is 3.08. The van der Waals surface area contributed by atoms with Crippen LogP contribution in [0.3, 0.4) is 0 Å². The molecule has 0 aromatic heterocycles. The zero-order valence-electron chi connectivity index (χ0n) is 10.5. The molecule has 96 valence electrons. The Labute approximate surface area is 101 Å². The minimum absolute atomic E-state index is 0.0285. The van der Waals surface area contributed by atoms with Crippen LogP contribution in [0.1, 0.15) is 26.2 Å². The van der Waals surface area contributed by atoms with Gasteiger partial charge in [-0.3, -0.25) is 9.59 Å². The van der Waals surface area contributed by atoms with Gasteiger partial charge < -0.3 is 15.0 Å². The molecule has 1 atom stereocenters. The minimum Gasteiger partial charge on any atom is -0.385 e. The van der Waals surface area contributed by atoms with E-state index >= 15 is 0 Å². The first kappa shape index (κ1) is 12.4. The number of methoxy groups -OCH3 is 1. The molecule has 0 spiro atoms. The number of carbonyl (C=O) groups excluding carboxylic acids is 2. The Morgan fingerprint density at radius 2 is 2.18 bits per heavy atom. The van der Waals surface area contributed by atoms with Crippen molar-refractivity contribution in [3.63, 3.8) is 0 Å². The van der Waals surface area contributed by atoms with E-state index in [1.807, 2.05) is 0 Å². The lowest BCUT2D eigenvalue weighted by Crippen LogP contribution is -2.58. The first-order valence-electron chi connectivity index (χ1n) is 6.14. The smallest absolute Gasteiger partial charge is 0.242 e. The van der Waals surface area contributed by atoms with Gasteiger partial charge in [0.05, 0.1) is 6.54 Å². The van der Waals surface area contributed by atoms with Crippen LogP contribution in [0.25, 0.3) is 0 Å². The monoisotopic (exact) mass is 240 g/mol. The number of nitrogens with one attached hydrogen (secondary N) is 1. The van der Waals surface area contributed by atoms with E-state index in [4.69, 9.17) is 4.74 Å². The van der Waals surface area contributed by atoms with Crippen LogP contribution < -0.4 is 5.32 Å². The van der Waals surface area contributed by atoms with Gasteiger partial charge in [-0.05, 0) is 31.6 Å². The lowest BCUT2D eigenvalue weighted by molar-refractivity contribution is -0.145. The molecule has 0 aromatic rings. The fraction of sp³-hybridized carbons (Fsp3) is 0.833. The van der Waals surface area contributed by atoms with E-state index in [0.717, 1.165) is 25.9 Å². The summed E-state index contributed by atoms with van der Waals surface area (Å²) in [5.74, 6) is -0.0204. The van der Waals surface area contributed by atoms with E-state index < -0.39 is 0 Å². The van der Waals surface area contributed by atoms with Crippen LogP contribution in [-0.2, 0) is 14.3 Å². The van der Waals surface area contributed by atoms with Crippen LogP contribution in [0, 0.1) is 5.41 Å². The molecule has 1 N–H and O–H groups in total. The maximum absolute atomic E-state index is 11.8. The molecule has 1 aliphatic carbocycles. The summed E-state index contributed by atoms with van der Waals surface area (Å²) in [6.45, 7) is 3.36. The average molecular weight is 240 g/mol. The molecule has 1 heterocycles. The molecule has 2 fully saturated rings. The number of hydrogen-bond donors (Lipinski definition) is 1. The molecule has 1 aliphatic heterocycles. The number of amides is 2. The first-order chi connectivity index (χ1) is 8.08. The van der Waals surface area contributed by atoms with Gasteiger partial charge in [-0.25, -0.2) is 0 Å². The lowest BCUT2D eigenvalue weighted by Gasteiger charge is -2.35. The van der Waals surface area contributed by atoms with Crippen molar-refractivity contribution in [3.05, 3.63) is 0 Å². The summed E-state index contributed by atoms with van der Waals surface area (Å²) >= 11 is 0. The maximum atomic E-state index is 11.8. The quantitative estimate of drug-likeness (QED) is 0.744.